The lowest BCUT2D eigenvalue weighted by atomic mass is 9.78. The van der Waals surface area contributed by atoms with Gasteiger partial charge >= 0.3 is 0 Å². The van der Waals surface area contributed by atoms with E-state index in [1.807, 2.05) is 0 Å². The molecule has 0 bridgehead atoms. The summed E-state index contributed by atoms with van der Waals surface area (Å²) in [6, 6.07) is 0. The fourth-order valence-electron chi connectivity index (χ4n) is 3.88. The molecule has 0 N–H and O–H groups in total. The topological polar surface area (TPSA) is 29.0 Å². The van der Waals surface area contributed by atoms with E-state index in [0.717, 1.165) is 36.6 Å². The molecule has 1 saturated carbocycles. The third-order valence-electron chi connectivity index (χ3n) is 5.58. The van der Waals surface area contributed by atoms with Crippen LogP contribution in [0.4, 0.5) is 5.95 Å². The largest absolute Gasteiger partial charge is 0.341 e. The van der Waals surface area contributed by atoms with E-state index in [1.54, 1.807) is 0 Å². The minimum Gasteiger partial charge on any atom is -0.341 e. The molecule has 1 aromatic rings. The fourth-order valence-corrected chi connectivity index (χ4v) is 4.25. The molecule has 2 fully saturated rings. The number of aromatic nitrogens is 2. The predicted molar refractivity (Wildman–Crippen MR) is 95.8 cm³/mol. The van der Waals surface area contributed by atoms with Crippen molar-refractivity contribution >= 4 is 18.6 Å². The number of hydrogen-bond acceptors (Lipinski definition) is 4. The Balaban J connectivity index is 1.56. The first-order valence-electron chi connectivity index (χ1n) is 8.94. The van der Waals surface area contributed by atoms with Crippen LogP contribution >= 0.6 is 12.6 Å². The van der Waals surface area contributed by atoms with Crippen LogP contribution in [0.1, 0.15) is 63.4 Å². The molecule has 122 valence electrons. The molecule has 0 spiro atoms. The zero-order valence-electron chi connectivity index (χ0n) is 13.7. The lowest BCUT2D eigenvalue weighted by Gasteiger charge is -2.31. The van der Waals surface area contributed by atoms with Crippen LogP contribution in [0.5, 0.6) is 0 Å². The fraction of sp³-hybridized carbons (Fsp3) is 0.778. The van der Waals surface area contributed by atoms with Crippen LogP contribution in [0.3, 0.4) is 0 Å². The number of rotatable bonds is 4. The molecule has 0 atom stereocenters. The lowest BCUT2D eigenvalue weighted by molar-refractivity contribution is 0.320. The van der Waals surface area contributed by atoms with Crippen molar-refractivity contribution in [3.63, 3.8) is 0 Å². The molecule has 0 radical (unpaired) electrons. The van der Waals surface area contributed by atoms with E-state index in [1.165, 1.54) is 50.5 Å². The van der Waals surface area contributed by atoms with Crippen molar-refractivity contribution in [1.29, 1.82) is 0 Å². The van der Waals surface area contributed by atoms with E-state index in [2.05, 4.69) is 46.8 Å². The van der Waals surface area contributed by atoms with Crippen LogP contribution in [-0.2, 0) is 0 Å². The third-order valence-corrected chi connectivity index (χ3v) is 5.84. The average molecular weight is 320 g/mol. The summed E-state index contributed by atoms with van der Waals surface area (Å²) >= 11 is 4.37. The predicted octanol–water partition coefficient (Wildman–Crippen LogP) is 4.31. The minimum atomic E-state index is 0.673. The molecule has 3 nitrogen and oxygen atoms in total. The zero-order valence-corrected chi connectivity index (χ0v) is 14.6. The van der Waals surface area contributed by atoms with Gasteiger partial charge in [0.15, 0.2) is 0 Å². The maximum Gasteiger partial charge on any atom is 0.225 e. The van der Waals surface area contributed by atoms with Gasteiger partial charge in [-0.2, -0.15) is 12.6 Å². The Bertz CT molecular complexity index is 446. The maximum atomic E-state index is 4.66. The molecule has 1 aliphatic carbocycles. The molecule has 2 heterocycles. The second kappa shape index (κ2) is 7.67. The summed E-state index contributed by atoms with van der Waals surface area (Å²) < 4.78 is 0. The van der Waals surface area contributed by atoms with Crippen LogP contribution in [0.15, 0.2) is 12.4 Å². The van der Waals surface area contributed by atoms with Gasteiger partial charge in [0.25, 0.3) is 0 Å². The highest BCUT2D eigenvalue weighted by Crippen LogP contribution is 2.36. The van der Waals surface area contributed by atoms with Crippen molar-refractivity contribution < 1.29 is 0 Å². The van der Waals surface area contributed by atoms with Crippen LogP contribution in [0, 0.1) is 11.8 Å². The van der Waals surface area contributed by atoms with Gasteiger partial charge in [0.1, 0.15) is 0 Å². The van der Waals surface area contributed by atoms with Crippen molar-refractivity contribution in [3.8, 4) is 0 Å². The number of hydrogen-bond donors (Lipinski definition) is 1. The second-order valence-electron chi connectivity index (χ2n) is 7.22. The van der Waals surface area contributed by atoms with E-state index in [4.69, 9.17) is 0 Å². The Morgan fingerprint density at radius 3 is 2.27 bits per heavy atom. The first-order valence-corrected chi connectivity index (χ1v) is 9.57. The summed E-state index contributed by atoms with van der Waals surface area (Å²) in [5.41, 5.74) is 1.35. The van der Waals surface area contributed by atoms with E-state index >= 15 is 0 Å². The second-order valence-corrected chi connectivity index (χ2v) is 7.66. The van der Waals surface area contributed by atoms with Gasteiger partial charge in [-0.25, -0.2) is 9.97 Å². The molecule has 3 rings (SSSR count). The number of piperidine rings is 1. The molecule has 2 aliphatic rings. The van der Waals surface area contributed by atoms with Crippen LogP contribution < -0.4 is 4.90 Å². The average Bonchev–Trinajstić information content (AvgIpc) is 2.57. The summed E-state index contributed by atoms with van der Waals surface area (Å²) in [6.07, 6.45) is 13.3. The lowest BCUT2D eigenvalue weighted by Crippen LogP contribution is -2.34. The normalized spacial score (nSPS) is 27.1. The summed E-state index contributed by atoms with van der Waals surface area (Å²) in [5, 5.41) is 0. The van der Waals surface area contributed by atoms with Crippen molar-refractivity contribution in [2.45, 2.75) is 57.8 Å². The van der Waals surface area contributed by atoms with Crippen molar-refractivity contribution in [3.05, 3.63) is 18.0 Å². The maximum absolute atomic E-state index is 4.66. The zero-order chi connectivity index (χ0) is 15.4. The molecule has 4 heteroatoms. The Morgan fingerprint density at radius 2 is 1.68 bits per heavy atom. The molecule has 0 amide bonds. The van der Waals surface area contributed by atoms with Gasteiger partial charge < -0.3 is 4.90 Å². The molecule has 1 aliphatic heterocycles. The first-order chi connectivity index (χ1) is 10.8. The van der Waals surface area contributed by atoms with Gasteiger partial charge in [0.2, 0.25) is 5.95 Å². The van der Waals surface area contributed by atoms with Crippen LogP contribution in [0.25, 0.3) is 0 Å². The van der Waals surface area contributed by atoms with E-state index < -0.39 is 0 Å². The molecule has 22 heavy (non-hydrogen) atoms. The molecular formula is C18H29N3S. The molecule has 1 saturated heterocycles. The van der Waals surface area contributed by atoms with Gasteiger partial charge in [0, 0.05) is 25.5 Å². The highest BCUT2D eigenvalue weighted by molar-refractivity contribution is 7.80. The SMILES string of the molecule is CC1CCN(c2ncc(C3CCC(CCS)CC3)cn2)CC1. The highest BCUT2D eigenvalue weighted by Gasteiger charge is 2.23. The van der Waals surface area contributed by atoms with E-state index in [-0.39, 0.29) is 0 Å². The standard InChI is InChI=1S/C18H29N3S/c1-14-6-9-21(10-7-14)18-19-12-17(13-20-18)16-4-2-15(3-5-16)8-11-22/h12-16,22H,2-11H2,1H3. The number of thiol groups is 1. The smallest absolute Gasteiger partial charge is 0.225 e. The van der Waals surface area contributed by atoms with Gasteiger partial charge in [-0.05, 0) is 74.0 Å². The summed E-state index contributed by atoms with van der Waals surface area (Å²) in [4.78, 5) is 11.7. The van der Waals surface area contributed by atoms with Crippen molar-refractivity contribution in [2.24, 2.45) is 11.8 Å². The van der Waals surface area contributed by atoms with Gasteiger partial charge in [-0.1, -0.05) is 6.92 Å². The molecule has 0 unspecified atom stereocenters. The van der Waals surface area contributed by atoms with Crippen LogP contribution in [-0.4, -0.2) is 28.8 Å². The monoisotopic (exact) mass is 319 g/mol. The molecule has 0 aromatic carbocycles. The first kappa shape index (κ1) is 16.1. The van der Waals surface area contributed by atoms with Crippen molar-refractivity contribution in [1.82, 2.24) is 9.97 Å². The Morgan fingerprint density at radius 1 is 1.05 bits per heavy atom. The number of nitrogens with zero attached hydrogens (tertiary/aromatic N) is 3. The van der Waals surface area contributed by atoms with Crippen molar-refractivity contribution in [2.75, 3.05) is 23.7 Å². The Kier molecular flexibility index (Phi) is 5.61. The third kappa shape index (κ3) is 3.95. The number of anilines is 1. The minimum absolute atomic E-state index is 0.673. The summed E-state index contributed by atoms with van der Waals surface area (Å²) in [6.45, 7) is 4.55. The van der Waals surface area contributed by atoms with E-state index in [9.17, 15) is 0 Å². The highest BCUT2D eigenvalue weighted by atomic mass is 32.1. The summed E-state index contributed by atoms with van der Waals surface area (Å²) in [5.74, 6) is 4.37. The van der Waals surface area contributed by atoms with Gasteiger partial charge in [-0.3, -0.25) is 0 Å². The molecular weight excluding hydrogens is 290 g/mol. The summed E-state index contributed by atoms with van der Waals surface area (Å²) in [7, 11) is 0. The van der Waals surface area contributed by atoms with Gasteiger partial charge in [-0.15, -0.1) is 0 Å². The van der Waals surface area contributed by atoms with Gasteiger partial charge in [0.05, 0.1) is 0 Å². The van der Waals surface area contributed by atoms with Crippen LogP contribution in [0.2, 0.25) is 0 Å². The van der Waals surface area contributed by atoms with E-state index in [0.29, 0.717) is 5.92 Å². The quantitative estimate of drug-likeness (QED) is 0.839. The Labute approximate surface area is 140 Å². The Hall–Kier alpha value is -0.770. The molecule has 1 aromatic heterocycles.